The molecule has 0 spiro atoms. The van der Waals surface area contributed by atoms with E-state index in [9.17, 15) is 14.0 Å². The highest BCUT2D eigenvalue weighted by molar-refractivity contribution is 6.01. The molecule has 1 saturated carbocycles. The van der Waals surface area contributed by atoms with Gasteiger partial charge in [0.25, 0.3) is 11.8 Å². The summed E-state index contributed by atoms with van der Waals surface area (Å²) < 4.78 is 19.5. The number of hydrogen-bond donors (Lipinski definition) is 2. The zero-order chi connectivity index (χ0) is 20.2. The van der Waals surface area contributed by atoms with Crippen LogP contribution in [0.5, 0.6) is 5.75 Å². The van der Waals surface area contributed by atoms with Gasteiger partial charge in [-0.15, -0.1) is 0 Å². The van der Waals surface area contributed by atoms with Crippen molar-refractivity contribution in [1.29, 1.82) is 0 Å². The van der Waals surface area contributed by atoms with Crippen molar-refractivity contribution in [2.45, 2.75) is 25.4 Å². The summed E-state index contributed by atoms with van der Waals surface area (Å²) in [5, 5.41) is 7.36. The lowest BCUT2D eigenvalue weighted by atomic mass is 10.1. The summed E-state index contributed by atoms with van der Waals surface area (Å²) in [7, 11) is 0. The van der Waals surface area contributed by atoms with Crippen molar-refractivity contribution in [3.63, 3.8) is 0 Å². The summed E-state index contributed by atoms with van der Waals surface area (Å²) in [4.78, 5) is 24.8. The predicted molar refractivity (Wildman–Crippen MR) is 108 cm³/mol. The van der Waals surface area contributed by atoms with Gasteiger partial charge in [0.1, 0.15) is 11.6 Å². The maximum Gasteiger partial charge on any atom is 0.258 e. The second-order valence-electron chi connectivity index (χ2n) is 7.10. The van der Waals surface area contributed by atoms with Crippen molar-refractivity contribution >= 4 is 22.6 Å². The number of carbonyl (C=O) groups excluding carboxylic acids is 2. The minimum absolute atomic E-state index is 0.0555. The number of fused-ring (bicyclic) bond motifs is 1. The first-order valence-corrected chi connectivity index (χ1v) is 9.57. The van der Waals surface area contributed by atoms with E-state index in [0.717, 1.165) is 23.6 Å². The Kier molecular flexibility index (Phi) is 5.42. The first-order valence-electron chi connectivity index (χ1n) is 9.57. The van der Waals surface area contributed by atoms with Crippen molar-refractivity contribution in [2.24, 2.45) is 0 Å². The molecule has 3 aromatic rings. The molecule has 2 N–H and O–H groups in total. The maximum atomic E-state index is 13.8. The topological polar surface area (TPSA) is 67.4 Å². The summed E-state index contributed by atoms with van der Waals surface area (Å²) in [5.41, 5.74) is 0.701. The van der Waals surface area contributed by atoms with E-state index >= 15 is 0 Å². The van der Waals surface area contributed by atoms with Crippen molar-refractivity contribution in [3.05, 3.63) is 77.6 Å². The second-order valence-corrected chi connectivity index (χ2v) is 7.10. The summed E-state index contributed by atoms with van der Waals surface area (Å²) >= 11 is 0. The fourth-order valence-electron chi connectivity index (χ4n) is 3.07. The first kappa shape index (κ1) is 18.9. The van der Waals surface area contributed by atoms with E-state index in [1.807, 2.05) is 24.3 Å². The van der Waals surface area contributed by atoms with E-state index < -0.39 is 5.91 Å². The smallest absolute Gasteiger partial charge is 0.258 e. The minimum atomic E-state index is -0.392. The fraction of sp³-hybridized carbons (Fsp3) is 0.217. The molecule has 0 unspecified atom stereocenters. The Bertz CT molecular complexity index is 1060. The normalized spacial score (nSPS) is 13.1. The molecule has 0 atom stereocenters. The minimum Gasteiger partial charge on any atom is -0.483 e. The van der Waals surface area contributed by atoms with E-state index in [2.05, 4.69) is 10.6 Å². The average molecular weight is 392 g/mol. The van der Waals surface area contributed by atoms with Gasteiger partial charge in [0, 0.05) is 18.2 Å². The number of hydrogen-bond acceptors (Lipinski definition) is 3. The maximum absolute atomic E-state index is 13.8. The average Bonchev–Trinajstić information content (AvgIpc) is 3.54. The lowest BCUT2D eigenvalue weighted by molar-refractivity contribution is -0.123. The van der Waals surface area contributed by atoms with Gasteiger partial charge in [-0.25, -0.2) is 4.39 Å². The molecule has 0 radical (unpaired) electrons. The van der Waals surface area contributed by atoms with Crippen LogP contribution in [0, 0.1) is 5.82 Å². The molecule has 5 nitrogen and oxygen atoms in total. The van der Waals surface area contributed by atoms with E-state index in [1.54, 1.807) is 30.3 Å². The number of halogens is 1. The van der Waals surface area contributed by atoms with Gasteiger partial charge in [-0.1, -0.05) is 42.5 Å². The van der Waals surface area contributed by atoms with Gasteiger partial charge in [-0.2, -0.15) is 0 Å². The van der Waals surface area contributed by atoms with Crippen LogP contribution >= 0.6 is 0 Å². The molecule has 1 aliphatic carbocycles. The third kappa shape index (κ3) is 4.71. The number of carbonyl (C=O) groups is 2. The summed E-state index contributed by atoms with van der Waals surface area (Å²) in [6.45, 7) is -0.109. The fourth-order valence-corrected chi connectivity index (χ4v) is 3.07. The molecule has 4 rings (SSSR count). The van der Waals surface area contributed by atoms with Gasteiger partial charge in [0.05, 0.1) is 5.56 Å². The Morgan fingerprint density at radius 2 is 1.69 bits per heavy atom. The standard InChI is InChI=1S/C23H21FN2O3/c24-20-8-4-3-7-17(20)13-25-23(28)19-11-15-5-1-2-6-16(15)12-21(19)29-14-22(27)26-18-9-10-18/h1-8,11-12,18H,9-10,13-14H2,(H,25,28)(H,26,27). The summed E-state index contributed by atoms with van der Waals surface area (Å²) in [6, 6.07) is 17.6. The van der Waals surface area contributed by atoms with Crippen LogP contribution in [0.3, 0.4) is 0 Å². The molecule has 0 saturated heterocycles. The molecule has 3 aromatic carbocycles. The number of amides is 2. The van der Waals surface area contributed by atoms with Gasteiger partial charge in [0.15, 0.2) is 6.61 Å². The van der Waals surface area contributed by atoms with Crippen molar-refractivity contribution in [2.75, 3.05) is 6.61 Å². The number of rotatable bonds is 7. The molecule has 148 valence electrons. The summed E-state index contributed by atoms with van der Waals surface area (Å²) in [5.74, 6) is -0.657. The highest BCUT2D eigenvalue weighted by Gasteiger charge is 2.23. The predicted octanol–water partition coefficient (Wildman–Crippen LogP) is 3.57. The highest BCUT2D eigenvalue weighted by Crippen LogP contribution is 2.26. The molecule has 0 aromatic heterocycles. The van der Waals surface area contributed by atoms with Crippen LogP contribution in [0.1, 0.15) is 28.8 Å². The van der Waals surface area contributed by atoms with Gasteiger partial charge < -0.3 is 15.4 Å². The van der Waals surface area contributed by atoms with E-state index in [0.29, 0.717) is 16.9 Å². The number of benzene rings is 3. The molecular weight excluding hydrogens is 371 g/mol. The Morgan fingerprint density at radius 3 is 2.41 bits per heavy atom. The van der Waals surface area contributed by atoms with E-state index in [4.69, 9.17) is 4.74 Å². The zero-order valence-corrected chi connectivity index (χ0v) is 15.8. The van der Waals surface area contributed by atoms with Gasteiger partial charge in [-0.3, -0.25) is 9.59 Å². The lowest BCUT2D eigenvalue weighted by Crippen LogP contribution is -2.31. The SMILES string of the molecule is O=C(COc1cc2ccccc2cc1C(=O)NCc1ccccc1F)NC1CC1. The Hall–Kier alpha value is -3.41. The second kappa shape index (κ2) is 8.31. The van der Waals surface area contributed by atoms with Crippen LogP contribution in [0.15, 0.2) is 60.7 Å². The molecule has 6 heteroatoms. The van der Waals surface area contributed by atoms with E-state index in [1.165, 1.54) is 6.07 Å². The van der Waals surface area contributed by atoms with Gasteiger partial charge in [0.2, 0.25) is 0 Å². The third-order valence-electron chi connectivity index (χ3n) is 4.79. The van der Waals surface area contributed by atoms with Crippen molar-refractivity contribution < 1.29 is 18.7 Å². The Balaban J connectivity index is 1.54. The van der Waals surface area contributed by atoms with Gasteiger partial charge >= 0.3 is 0 Å². The third-order valence-corrected chi connectivity index (χ3v) is 4.79. The quantitative estimate of drug-likeness (QED) is 0.646. The van der Waals surface area contributed by atoms with Crippen LogP contribution in [0.25, 0.3) is 10.8 Å². The molecule has 0 heterocycles. The molecule has 0 aliphatic heterocycles. The van der Waals surface area contributed by atoms with Crippen molar-refractivity contribution in [1.82, 2.24) is 10.6 Å². The largest absolute Gasteiger partial charge is 0.483 e. The number of nitrogens with one attached hydrogen (secondary N) is 2. The Labute approximate surface area is 167 Å². The zero-order valence-electron chi connectivity index (χ0n) is 15.8. The molecule has 2 amide bonds. The van der Waals surface area contributed by atoms with E-state index in [-0.39, 0.29) is 30.9 Å². The van der Waals surface area contributed by atoms with Crippen molar-refractivity contribution in [3.8, 4) is 5.75 Å². The molecule has 1 fully saturated rings. The van der Waals surface area contributed by atoms with Crippen LogP contribution < -0.4 is 15.4 Å². The Morgan fingerprint density at radius 1 is 1.00 bits per heavy atom. The lowest BCUT2D eigenvalue weighted by Gasteiger charge is -2.14. The molecule has 29 heavy (non-hydrogen) atoms. The molecular formula is C23H21FN2O3. The number of ether oxygens (including phenoxy) is 1. The highest BCUT2D eigenvalue weighted by atomic mass is 19.1. The van der Waals surface area contributed by atoms with Crippen LogP contribution in [-0.4, -0.2) is 24.5 Å². The molecule has 1 aliphatic rings. The summed E-state index contributed by atoms with van der Waals surface area (Å²) in [6.07, 6.45) is 1.98. The van der Waals surface area contributed by atoms with Crippen LogP contribution in [0.2, 0.25) is 0 Å². The van der Waals surface area contributed by atoms with Gasteiger partial charge in [-0.05, 0) is 41.8 Å². The first-order chi connectivity index (χ1) is 14.1. The monoisotopic (exact) mass is 392 g/mol. The van der Waals surface area contributed by atoms with Crippen LogP contribution in [0.4, 0.5) is 4.39 Å². The van der Waals surface area contributed by atoms with Crippen LogP contribution in [-0.2, 0) is 11.3 Å². The molecule has 0 bridgehead atoms.